The number of hydrogen-bond acceptors (Lipinski definition) is 5. The standard InChI is InChI=1S/C16H23N3OS/c1-4-10-20-14-7-5-6-13(11-14)16-19-18-15(21-16)8-9-17-12(2)3/h5-7,11-12,17H,4,8-10H2,1-3H3. The molecule has 0 fully saturated rings. The maximum absolute atomic E-state index is 5.66. The molecule has 0 aliphatic rings. The van der Waals surface area contributed by atoms with Crippen LogP contribution in [-0.4, -0.2) is 29.4 Å². The van der Waals surface area contributed by atoms with Crippen LogP contribution in [0.15, 0.2) is 24.3 Å². The Balaban J connectivity index is 2.00. The second kappa shape index (κ2) is 8.10. The van der Waals surface area contributed by atoms with Gasteiger partial charge in [-0.2, -0.15) is 0 Å². The van der Waals surface area contributed by atoms with E-state index in [-0.39, 0.29) is 0 Å². The summed E-state index contributed by atoms with van der Waals surface area (Å²) >= 11 is 1.65. The molecule has 2 aromatic rings. The van der Waals surface area contributed by atoms with Gasteiger partial charge in [-0.05, 0) is 18.6 Å². The highest BCUT2D eigenvalue weighted by Gasteiger charge is 2.08. The highest BCUT2D eigenvalue weighted by Crippen LogP contribution is 2.26. The third-order valence-corrected chi connectivity index (χ3v) is 3.94. The van der Waals surface area contributed by atoms with Crippen molar-refractivity contribution in [2.24, 2.45) is 0 Å². The Kier molecular flexibility index (Phi) is 6.14. The zero-order valence-electron chi connectivity index (χ0n) is 12.9. The molecule has 114 valence electrons. The normalized spacial score (nSPS) is 11.0. The Bertz CT molecular complexity index is 554. The molecule has 4 nitrogen and oxygen atoms in total. The summed E-state index contributed by atoms with van der Waals surface area (Å²) in [6, 6.07) is 8.57. The highest BCUT2D eigenvalue weighted by atomic mass is 32.1. The van der Waals surface area contributed by atoms with Gasteiger partial charge < -0.3 is 10.1 Å². The molecule has 0 radical (unpaired) electrons. The molecule has 0 spiro atoms. The first-order valence-electron chi connectivity index (χ1n) is 7.48. The predicted molar refractivity (Wildman–Crippen MR) is 88.0 cm³/mol. The fourth-order valence-corrected chi connectivity index (χ4v) is 2.71. The van der Waals surface area contributed by atoms with Gasteiger partial charge in [0, 0.05) is 24.6 Å². The van der Waals surface area contributed by atoms with Crippen LogP contribution >= 0.6 is 11.3 Å². The first kappa shape index (κ1) is 15.9. The molecular weight excluding hydrogens is 282 g/mol. The van der Waals surface area contributed by atoms with E-state index in [1.54, 1.807) is 11.3 Å². The third kappa shape index (κ3) is 5.10. The lowest BCUT2D eigenvalue weighted by atomic mass is 10.2. The van der Waals surface area contributed by atoms with Crippen LogP contribution in [0, 0.1) is 0 Å². The van der Waals surface area contributed by atoms with E-state index in [1.165, 1.54) is 0 Å². The molecule has 0 aliphatic heterocycles. The summed E-state index contributed by atoms with van der Waals surface area (Å²) < 4.78 is 5.66. The van der Waals surface area contributed by atoms with E-state index in [2.05, 4.69) is 42.4 Å². The van der Waals surface area contributed by atoms with Gasteiger partial charge in [0.2, 0.25) is 0 Å². The van der Waals surface area contributed by atoms with E-state index in [1.807, 2.05) is 18.2 Å². The van der Waals surface area contributed by atoms with Crippen LogP contribution in [0.25, 0.3) is 10.6 Å². The first-order chi connectivity index (χ1) is 10.2. The van der Waals surface area contributed by atoms with E-state index in [9.17, 15) is 0 Å². The Morgan fingerprint density at radius 3 is 2.90 bits per heavy atom. The average Bonchev–Trinajstić information content (AvgIpc) is 2.94. The molecule has 5 heteroatoms. The van der Waals surface area contributed by atoms with Gasteiger partial charge in [0.05, 0.1) is 6.61 Å². The molecule has 0 saturated carbocycles. The van der Waals surface area contributed by atoms with Crippen molar-refractivity contribution < 1.29 is 4.74 Å². The van der Waals surface area contributed by atoms with Crippen molar-refractivity contribution in [2.75, 3.05) is 13.2 Å². The van der Waals surface area contributed by atoms with Gasteiger partial charge in [-0.25, -0.2) is 0 Å². The summed E-state index contributed by atoms with van der Waals surface area (Å²) in [6.45, 7) is 8.07. The van der Waals surface area contributed by atoms with Gasteiger partial charge in [-0.1, -0.05) is 44.2 Å². The molecule has 0 unspecified atom stereocenters. The molecule has 0 aliphatic carbocycles. The lowest BCUT2D eigenvalue weighted by molar-refractivity contribution is 0.317. The minimum Gasteiger partial charge on any atom is -0.494 e. The molecule has 1 heterocycles. The molecule has 21 heavy (non-hydrogen) atoms. The van der Waals surface area contributed by atoms with Crippen molar-refractivity contribution in [3.8, 4) is 16.3 Å². The number of aromatic nitrogens is 2. The minimum absolute atomic E-state index is 0.504. The van der Waals surface area contributed by atoms with Crippen molar-refractivity contribution in [1.82, 2.24) is 15.5 Å². The lowest BCUT2D eigenvalue weighted by Crippen LogP contribution is -2.24. The van der Waals surface area contributed by atoms with Gasteiger partial charge in [0.15, 0.2) is 0 Å². The zero-order chi connectivity index (χ0) is 15.1. The lowest BCUT2D eigenvalue weighted by Gasteiger charge is -2.05. The monoisotopic (exact) mass is 305 g/mol. The number of nitrogens with zero attached hydrogens (tertiary/aromatic N) is 2. The summed E-state index contributed by atoms with van der Waals surface area (Å²) in [5.41, 5.74) is 1.07. The van der Waals surface area contributed by atoms with Crippen LogP contribution in [0.3, 0.4) is 0 Å². The van der Waals surface area contributed by atoms with Gasteiger partial charge in [-0.15, -0.1) is 10.2 Å². The smallest absolute Gasteiger partial charge is 0.147 e. The average molecular weight is 305 g/mol. The topological polar surface area (TPSA) is 47.0 Å². The molecule has 1 N–H and O–H groups in total. The van der Waals surface area contributed by atoms with Crippen LogP contribution in [0.4, 0.5) is 0 Å². The summed E-state index contributed by atoms with van der Waals surface area (Å²) in [4.78, 5) is 0. The van der Waals surface area contributed by atoms with Crippen molar-refractivity contribution in [2.45, 2.75) is 39.7 Å². The zero-order valence-corrected chi connectivity index (χ0v) is 13.7. The number of ether oxygens (including phenoxy) is 1. The first-order valence-corrected chi connectivity index (χ1v) is 8.29. The summed E-state index contributed by atoms with van der Waals surface area (Å²) in [6.07, 6.45) is 1.93. The molecular formula is C16H23N3OS. The van der Waals surface area contributed by atoms with E-state index in [4.69, 9.17) is 4.74 Å². The third-order valence-electron chi connectivity index (χ3n) is 2.91. The van der Waals surface area contributed by atoms with E-state index >= 15 is 0 Å². The van der Waals surface area contributed by atoms with Crippen LogP contribution in [-0.2, 0) is 6.42 Å². The van der Waals surface area contributed by atoms with E-state index < -0.39 is 0 Å². The quantitative estimate of drug-likeness (QED) is 0.810. The van der Waals surface area contributed by atoms with Crippen LogP contribution in [0.1, 0.15) is 32.2 Å². The fraction of sp³-hybridized carbons (Fsp3) is 0.500. The van der Waals surface area contributed by atoms with Crippen molar-refractivity contribution in [3.05, 3.63) is 29.3 Å². The molecule has 0 amide bonds. The molecule has 2 rings (SSSR count). The number of rotatable bonds is 8. The predicted octanol–water partition coefficient (Wildman–Crippen LogP) is 3.53. The second-order valence-corrected chi connectivity index (χ2v) is 6.30. The largest absolute Gasteiger partial charge is 0.494 e. The molecule has 1 aromatic heterocycles. The Morgan fingerprint density at radius 2 is 2.14 bits per heavy atom. The van der Waals surface area contributed by atoms with Crippen molar-refractivity contribution in [1.29, 1.82) is 0 Å². The number of nitrogens with one attached hydrogen (secondary N) is 1. The van der Waals surface area contributed by atoms with Crippen LogP contribution in [0.5, 0.6) is 5.75 Å². The van der Waals surface area contributed by atoms with Crippen molar-refractivity contribution in [3.63, 3.8) is 0 Å². The molecule has 0 atom stereocenters. The van der Waals surface area contributed by atoms with Crippen LogP contribution < -0.4 is 10.1 Å². The summed E-state index contributed by atoms with van der Waals surface area (Å²) in [5, 5.41) is 14.0. The molecule has 0 bridgehead atoms. The van der Waals surface area contributed by atoms with Gasteiger partial charge >= 0.3 is 0 Å². The Morgan fingerprint density at radius 1 is 1.29 bits per heavy atom. The fourth-order valence-electron chi connectivity index (χ4n) is 1.88. The summed E-state index contributed by atoms with van der Waals surface area (Å²) in [7, 11) is 0. The molecule has 1 aromatic carbocycles. The number of benzene rings is 1. The van der Waals surface area contributed by atoms with Gasteiger partial charge in [-0.3, -0.25) is 0 Å². The minimum atomic E-state index is 0.504. The highest BCUT2D eigenvalue weighted by molar-refractivity contribution is 7.14. The SMILES string of the molecule is CCCOc1cccc(-c2nnc(CCNC(C)C)s2)c1. The molecule has 0 saturated heterocycles. The second-order valence-electron chi connectivity index (χ2n) is 5.24. The van der Waals surface area contributed by atoms with Gasteiger partial charge in [0.1, 0.15) is 15.8 Å². The van der Waals surface area contributed by atoms with E-state index in [0.717, 1.165) is 47.3 Å². The Labute approximate surface area is 130 Å². The van der Waals surface area contributed by atoms with E-state index in [0.29, 0.717) is 6.04 Å². The van der Waals surface area contributed by atoms with Crippen molar-refractivity contribution >= 4 is 11.3 Å². The maximum atomic E-state index is 5.66. The Hall–Kier alpha value is -1.46. The maximum Gasteiger partial charge on any atom is 0.147 e. The van der Waals surface area contributed by atoms with Crippen LogP contribution in [0.2, 0.25) is 0 Å². The number of hydrogen-bond donors (Lipinski definition) is 1. The summed E-state index contributed by atoms with van der Waals surface area (Å²) in [5.74, 6) is 0.896. The van der Waals surface area contributed by atoms with Gasteiger partial charge in [0.25, 0.3) is 0 Å².